The van der Waals surface area contributed by atoms with Crippen LogP contribution >= 0.6 is 11.8 Å². The molecule has 0 amide bonds. The zero-order valence-corrected chi connectivity index (χ0v) is 11.6. The van der Waals surface area contributed by atoms with Crippen molar-refractivity contribution in [3.63, 3.8) is 0 Å². The molecule has 1 aromatic rings. The lowest BCUT2D eigenvalue weighted by molar-refractivity contribution is -0.274. The molecule has 0 spiro atoms. The van der Waals surface area contributed by atoms with Gasteiger partial charge in [-0.3, -0.25) is 0 Å². The van der Waals surface area contributed by atoms with Crippen LogP contribution in [0.5, 0.6) is 5.75 Å². The molecule has 0 saturated carbocycles. The molecule has 1 unspecified atom stereocenters. The molecule has 6 heteroatoms. The van der Waals surface area contributed by atoms with Crippen LogP contribution in [0.4, 0.5) is 13.2 Å². The molecule has 0 aliphatic carbocycles. The smallest absolute Gasteiger partial charge is 0.406 e. The number of ether oxygens (including phenoxy) is 1. The Morgan fingerprint density at radius 2 is 1.95 bits per heavy atom. The third-order valence-electron chi connectivity index (χ3n) is 2.20. The second-order valence-corrected chi connectivity index (χ2v) is 5.64. The van der Waals surface area contributed by atoms with Crippen molar-refractivity contribution in [2.45, 2.75) is 26.3 Å². The van der Waals surface area contributed by atoms with Crippen LogP contribution < -0.4 is 4.74 Å². The summed E-state index contributed by atoms with van der Waals surface area (Å²) in [6.45, 7) is 4.13. The van der Waals surface area contributed by atoms with Crippen molar-refractivity contribution in [1.82, 2.24) is 0 Å². The van der Waals surface area contributed by atoms with Crippen LogP contribution in [0, 0.1) is 5.92 Å². The quantitative estimate of drug-likeness (QED) is 0.859. The summed E-state index contributed by atoms with van der Waals surface area (Å²) in [6, 6.07) is 5.45. The van der Waals surface area contributed by atoms with Gasteiger partial charge >= 0.3 is 6.36 Å². The molecule has 0 fully saturated rings. The third kappa shape index (κ3) is 6.73. The average molecular weight is 294 g/mol. The van der Waals surface area contributed by atoms with E-state index in [0.717, 1.165) is 5.75 Å². The molecule has 108 valence electrons. The summed E-state index contributed by atoms with van der Waals surface area (Å²) in [5.41, 5.74) is 0.429. The Balaban J connectivity index is 2.60. The Bertz CT molecular complexity index is 394. The van der Waals surface area contributed by atoms with Crippen molar-refractivity contribution < 1.29 is 23.0 Å². The topological polar surface area (TPSA) is 29.5 Å². The molecule has 2 nitrogen and oxygen atoms in total. The van der Waals surface area contributed by atoms with Crippen molar-refractivity contribution >= 4 is 11.8 Å². The molecule has 0 heterocycles. The highest BCUT2D eigenvalue weighted by atomic mass is 32.2. The fourth-order valence-corrected chi connectivity index (χ4v) is 2.45. The molecule has 0 aliphatic heterocycles. The minimum Gasteiger partial charge on any atom is -0.406 e. The van der Waals surface area contributed by atoms with Gasteiger partial charge in [0.05, 0.1) is 6.10 Å². The lowest BCUT2D eigenvalue weighted by Crippen LogP contribution is -2.17. The highest BCUT2D eigenvalue weighted by Crippen LogP contribution is 2.27. The van der Waals surface area contributed by atoms with Crippen LogP contribution in [0.2, 0.25) is 0 Å². The standard InChI is InChI=1S/C13H17F3O2S/c1-9(2)7-19-8-12(17)10-4-3-5-11(6-10)18-13(14,15)16/h3-6,9,12,17H,7-8H2,1-2H3. The highest BCUT2D eigenvalue weighted by molar-refractivity contribution is 7.99. The van der Waals surface area contributed by atoms with Crippen molar-refractivity contribution in [2.24, 2.45) is 5.92 Å². The van der Waals surface area contributed by atoms with Gasteiger partial charge in [0.15, 0.2) is 0 Å². The Hall–Kier alpha value is -0.880. The van der Waals surface area contributed by atoms with Crippen LogP contribution in [0.25, 0.3) is 0 Å². The lowest BCUT2D eigenvalue weighted by atomic mass is 10.1. The normalized spacial score (nSPS) is 13.6. The van der Waals surface area contributed by atoms with Gasteiger partial charge < -0.3 is 9.84 Å². The minimum absolute atomic E-state index is 0.307. The fourth-order valence-electron chi connectivity index (χ4n) is 1.43. The molecule has 1 N–H and O–H groups in total. The molecule has 1 atom stereocenters. The first-order chi connectivity index (χ1) is 8.78. The van der Waals surface area contributed by atoms with Crippen LogP contribution in [0.3, 0.4) is 0 Å². The predicted octanol–water partition coefficient (Wildman–Crippen LogP) is 4.01. The maximum absolute atomic E-state index is 12.1. The van der Waals surface area contributed by atoms with Gasteiger partial charge in [-0.2, -0.15) is 11.8 Å². The van der Waals surface area contributed by atoms with Gasteiger partial charge in [0.2, 0.25) is 0 Å². The number of hydrogen-bond donors (Lipinski definition) is 1. The van der Waals surface area contributed by atoms with Crippen LogP contribution in [0.15, 0.2) is 24.3 Å². The minimum atomic E-state index is -4.71. The number of aliphatic hydroxyl groups excluding tert-OH is 1. The van der Waals surface area contributed by atoms with E-state index in [9.17, 15) is 18.3 Å². The Morgan fingerprint density at radius 1 is 1.26 bits per heavy atom. The predicted molar refractivity (Wildman–Crippen MR) is 70.2 cm³/mol. The maximum Gasteiger partial charge on any atom is 0.573 e. The van der Waals surface area contributed by atoms with Gasteiger partial charge in [0.25, 0.3) is 0 Å². The van der Waals surface area contributed by atoms with Crippen LogP contribution in [-0.2, 0) is 0 Å². The van der Waals surface area contributed by atoms with Gasteiger partial charge in [0, 0.05) is 5.75 Å². The van der Waals surface area contributed by atoms with E-state index in [2.05, 4.69) is 18.6 Å². The van der Waals surface area contributed by atoms with Crippen molar-refractivity contribution in [3.05, 3.63) is 29.8 Å². The lowest BCUT2D eigenvalue weighted by Gasteiger charge is -2.14. The Morgan fingerprint density at radius 3 is 2.53 bits per heavy atom. The van der Waals surface area contributed by atoms with Crippen molar-refractivity contribution in [2.75, 3.05) is 11.5 Å². The van der Waals surface area contributed by atoms with E-state index in [4.69, 9.17) is 0 Å². The molecule has 1 aromatic carbocycles. The van der Waals surface area contributed by atoms with E-state index in [-0.39, 0.29) is 5.75 Å². The summed E-state index contributed by atoms with van der Waals surface area (Å²) in [5, 5.41) is 9.90. The maximum atomic E-state index is 12.1. The first kappa shape index (κ1) is 16.2. The summed E-state index contributed by atoms with van der Waals surface area (Å²) >= 11 is 1.57. The first-order valence-corrected chi connectivity index (χ1v) is 7.05. The molecule has 0 aromatic heterocycles. The van der Waals surface area contributed by atoms with Gasteiger partial charge in [-0.05, 0) is 29.4 Å². The third-order valence-corrected chi connectivity index (χ3v) is 3.66. The average Bonchev–Trinajstić information content (AvgIpc) is 2.26. The van der Waals surface area contributed by atoms with Gasteiger partial charge in [-0.1, -0.05) is 26.0 Å². The Kier molecular flexibility index (Phi) is 6.00. The van der Waals surface area contributed by atoms with Gasteiger partial charge in [-0.25, -0.2) is 0 Å². The second kappa shape index (κ2) is 7.05. The number of rotatable bonds is 6. The number of aliphatic hydroxyl groups is 1. The summed E-state index contributed by atoms with van der Waals surface area (Å²) < 4.78 is 40.0. The van der Waals surface area contributed by atoms with Crippen molar-refractivity contribution in [3.8, 4) is 5.75 Å². The van der Waals surface area contributed by atoms with Crippen molar-refractivity contribution in [1.29, 1.82) is 0 Å². The molecule has 0 aliphatic rings. The molecule has 1 rings (SSSR count). The van der Waals surface area contributed by atoms with E-state index in [1.165, 1.54) is 18.2 Å². The molecular formula is C13H17F3O2S. The molecule has 19 heavy (non-hydrogen) atoms. The molecular weight excluding hydrogens is 277 g/mol. The van der Waals surface area contributed by atoms with E-state index >= 15 is 0 Å². The second-order valence-electron chi connectivity index (χ2n) is 4.57. The molecule has 0 bridgehead atoms. The summed E-state index contributed by atoms with van der Waals surface area (Å²) in [4.78, 5) is 0. The summed E-state index contributed by atoms with van der Waals surface area (Å²) in [6.07, 6.45) is -5.50. The Labute approximate surface area is 115 Å². The SMILES string of the molecule is CC(C)CSCC(O)c1cccc(OC(F)(F)F)c1. The number of halogens is 3. The monoisotopic (exact) mass is 294 g/mol. The summed E-state index contributed by atoms with van der Waals surface area (Å²) in [5.74, 6) is 1.55. The van der Waals surface area contributed by atoms with E-state index in [1.54, 1.807) is 17.8 Å². The van der Waals surface area contributed by atoms with E-state index in [1.807, 2.05) is 0 Å². The number of thioether (sulfide) groups is 1. The molecule has 0 radical (unpaired) electrons. The van der Waals surface area contributed by atoms with Crippen LogP contribution in [-0.4, -0.2) is 23.0 Å². The number of hydrogen-bond acceptors (Lipinski definition) is 3. The zero-order chi connectivity index (χ0) is 14.5. The number of alkyl halides is 3. The first-order valence-electron chi connectivity index (χ1n) is 5.89. The van der Waals surface area contributed by atoms with Gasteiger partial charge in [0.1, 0.15) is 5.75 Å². The van der Waals surface area contributed by atoms with E-state index in [0.29, 0.717) is 17.2 Å². The fraction of sp³-hybridized carbons (Fsp3) is 0.538. The van der Waals surface area contributed by atoms with E-state index < -0.39 is 12.5 Å². The largest absolute Gasteiger partial charge is 0.573 e. The molecule has 0 saturated heterocycles. The highest BCUT2D eigenvalue weighted by Gasteiger charge is 2.31. The van der Waals surface area contributed by atoms with Gasteiger partial charge in [-0.15, -0.1) is 13.2 Å². The zero-order valence-electron chi connectivity index (χ0n) is 10.8. The number of benzene rings is 1. The summed E-state index contributed by atoms with van der Waals surface area (Å²) in [7, 11) is 0. The van der Waals surface area contributed by atoms with Crippen LogP contribution in [0.1, 0.15) is 25.5 Å².